The van der Waals surface area contributed by atoms with Crippen LogP contribution in [0.25, 0.3) is 13.2 Å². The fourth-order valence-corrected chi connectivity index (χ4v) is 0.392. The lowest BCUT2D eigenvalue weighted by Gasteiger charge is -1.58. The highest BCUT2D eigenvalue weighted by Crippen LogP contribution is 1.40. The van der Waals surface area contributed by atoms with E-state index in [0.717, 1.165) is 0 Å². The van der Waals surface area contributed by atoms with Crippen molar-refractivity contribution in [2.75, 3.05) is 0 Å². The third kappa shape index (κ3) is 0.578. The van der Waals surface area contributed by atoms with Gasteiger partial charge >= 0.3 is 5.76 Å². The van der Waals surface area contributed by atoms with Crippen molar-refractivity contribution >= 4 is 13.2 Å². The van der Waals surface area contributed by atoms with Crippen LogP contribution in [0.1, 0.15) is 0 Å². The fraction of sp³-hybridized carbons (Fsp3) is 0. The molecule has 1 aromatic rings. The van der Waals surface area contributed by atoms with Crippen LogP contribution in [0.3, 0.4) is 0 Å². The molecular weight excluding hydrogens is 106 g/mol. The predicted octanol–water partition coefficient (Wildman–Crippen LogP) is -1.21. The maximum atomic E-state index is 10.2. The van der Waals surface area contributed by atoms with Gasteiger partial charge in [-0.15, -0.1) is 0 Å². The maximum Gasteiger partial charge on any atom is 0.417 e. The first-order valence-corrected chi connectivity index (χ1v) is 2.07. The highest BCUT2D eigenvalue weighted by molar-refractivity contribution is 4.98. The van der Waals surface area contributed by atoms with Gasteiger partial charge in [0.25, 0.3) is 0 Å². The summed E-state index contributed by atoms with van der Waals surface area (Å²) in [6.07, 6.45) is 0. The van der Waals surface area contributed by atoms with E-state index < -0.39 is 5.76 Å². The van der Waals surface area contributed by atoms with Gasteiger partial charge in [-0.25, -0.2) is 4.79 Å². The van der Waals surface area contributed by atoms with E-state index in [1.54, 1.807) is 0 Å². The second-order valence-electron chi connectivity index (χ2n) is 1.42. The zero-order chi connectivity index (χ0) is 6.15. The van der Waals surface area contributed by atoms with Gasteiger partial charge in [-0.1, -0.05) is 13.2 Å². The minimum absolute atomic E-state index is 0.301. The Morgan fingerprint density at radius 3 is 2.25 bits per heavy atom. The Kier molecular flexibility index (Phi) is 0.836. The molecule has 0 aliphatic heterocycles. The molecule has 0 radical (unpaired) electrons. The SMILES string of the molecule is C=c1[nH]c(=O)oc1=C. The van der Waals surface area contributed by atoms with Crippen LogP contribution < -0.4 is 16.5 Å². The van der Waals surface area contributed by atoms with Crippen LogP contribution in [0.2, 0.25) is 0 Å². The van der Waals surface area contributed by atoms with E-state index in [1.165, 1.54) is 0 Å². The Hall–Kier alpha value is -1.25. The van der Waals surface area contributed by atoms with E-state index >= 15 is 0 Å². The molecule has 0 saturated heterocycles. The first kappa shape index (κ1) is 4.90. The van der Waals surface area contributed by atoms with Crippen molar-refractivity contribution in [3.8, 4) is 0 Å². The summed E-state index contributed by atoms with van der Waals surface area (Å²) >= 11 is 0. The van der Waals surface area contributed by atoms with E-state index in [-0.39, 0.29) is 0 Å². The quantitative estimate of drug-likeness (QED) is 0.456. The van der Waals surface area contributed by atoms with Gasteiger partial charge in [-0.3, -0.25) is 4.98 Å². The highest BCUT2D eigenvalue weighted by Gasteiger charge is 1.84. The monoisotopic (exact) mass is 111 g/mol. The molecule has 0 aromatic carbocycles. The lowest BCUT2D eigenvalue weighted by atomic mass is 10.7. The van der Waals surface area contributed by atoms with Crippen LogP contribution >= 0.6 is 0 Å². The first-order valence-electron chi connectivity index (χ1n) is 2.07. The predicted molar refractivity (Wildman–Crippen MR) is 29.6 cm³/mol. The molecule has 3 heteroatoms. The number of aromatic nitrogens is 1. The molecule has 0 amide bonds. The van der Waals surface area contributed by atoms with Crippen LogP contribution in [0.5, 0.6) is 0 Å². The number of H-pyrrole nitrogens is 1. The smallest absolute Gasteiger partial charge is 0.409 e. The molecule has 0 fully saturated rings. The van der Waals surface area contributed by atoms with Crippen LogP contribution in [-0.4, -0.2) is 4.98 Å². The average Bonchev–Trinajstić information content (AvgIpc) is 1.85. The molecule has 3 nitrogen and oxygen atoms in total. The largest absolute Gasteiger partial charge is 0.417 e. The van der Waals surface area contributed by atoms with Gasteiger partial charge in [-0.2, -0.15) is 0 Å². The zero-order valence-corrected chi connectivity index (χ0v) is 4.23. The number of hydrogen-bond donors (Lipinski definition) is 1. The van der Waals surface area contributed by atoms with Gasteiger partial charge in [0.1, 0.15) is 5.42 Å². The molecule has 0 bridgehead atoms. The third-order valence-electron chi connectivity index (χ3n) is 0.805. The van der Waals surface area contributed by atoms with Crippen molar-refractivity contribution < 1.29 is 4.42 Å². The molecule has 1 heterocycles. The van der Waals surface area contributed by atoms with Crippen molar-refractivity contribution in [2.45, 2.75) is 0 Å². The van der Waals surface area contributed by atoms with Gasteiger partial charge in [-0.05, 0) is 0 Å². The van der Waals surface area contributed by atoms with Crippen LogP contribution in [0, 0.1) is 0 Å². The minimum Gasteiger partial charge on any atom is -0.409 e. The van der Waals surface area contributed by atoms with E-state index in [4.69, 9.17) is 0 Å². The van der Waals surface area contributed by atoms with E-state index in [0.29, 0.717) is 10.8 Å². The molecule has 0 spiro atoms. The first-order chi connectivity index (χ1) is 3.70. The van der Waals surface area contributed by atoms with E-state index in [9.17, 15) is 4.79 Å². The molecular formula is C5H5NO2. The molecule has 1 N–H and O–H groups in total. The zero-order valence-electron chi connectivity index (χ0n) is 4.23. The fourth-order valence-electron chi connectivity index (χ4n) is 0.392. The van der Waals surface area contributed by atoms with Gasteiger partial charge in [0.05, 0.1) is 5.35 Å². The lowest BCUT2D eigenvalue weighted by molar-refractivity contribution is 0.487. The summed E-state index contributed by atoms with van der Waals surface area (Å²) in [7, 11) is 0. The number of hydrogen-bond acceptors (Lipinski definition) is 2. The molecule has 1 rings (SSSR count). The molecule has 8 heavy (non-hydrogen) atoms. The minimum atomic E-state index is -0.500. The Bertz CT molecular complexity index is 288. The maximum absolute atomic E-state index is 10.2. The molecule has 0 saturated carbocycles. The normalized spacial score (nSPS) is 9.50. The van der Waals surface area contributed by atoms with Gasteiger partial charge < -0.3 is 4.42 Å². The summed E-state index contributed by atoms with van der Waals surface area (Å²) in [6, 6.07) is 0. The van der Waals surface area contributed by atoms with Crippen LogP contribution in [0.15, 0.2) is 9.21 Å². The summed E-state index contributed by atoms with van der Waals surface area (Å²) in [5.74, 6) is -0.500. The average molecular weight is 111 g/mol. The Morgan fingerprint density at radius 1 is 1.50 bits per heavy atom. The van der Waals surface area contributed by atoms with Crippen molar-refractivity contribution in [1.82, 2.24) is 4.98 Å². The van der Waals surface area contributed by atoms with Gasteiger partial charge in [0.15, 0.2) is 0 Å². The number of rotatable bonds is 0. The molecule has 0 unspecified atom stereocenters. The third-order valence-corrected chi connectivity index (χ3v) is 0.805. The number of nitrogens with one attached hydrogen (secondary N) is 1. The Labute approximate surface area is 45.0 Å². The summed E-state index contributed by atoms with van der Waals surface area (Å²) in [4.78, 5) is 12.5. The molecule has 42 valence electrons. The molecule has 0 aliphatic rings. The van der Waals surface area contributed by atoms with Crippen LogP contribution in [-0.2, 0) is 0 Å². The second kappa shape index (κ2) is 1.36. The Morgan fingerprint density at radius 2 is 2.12 bits per heavy atom. The summed E-state index contributed by atoms with van der Waals surface area (Å²) in [6.45, 7) is 6.81. The van der Waals surface area contributed by atoms with Crippen molar-refractivity contribution in [3.63, 3.8) is 0 Å². The van der Waals surface area contributed by atoms with Gasteiger partial charge in [0, 0.05) is 0 Å². The van der Waals surface area contributed by atoms with Crippen LogP contribution in [0.4, 0.5) is 0 Å². The van der Waals surface area contributed by atoms with E-state index in [2.05, 4.69) is 22.6 Å². The molecule has 1 aromatic heterocycles. The summed E-state index contributed by atoms with van der Waals surface area (Å²) in [5, 5.41) is 0.440. The van der Waals surface area contributed by atoms with Crippen molar-refractivity contribution in [1.29, 1.82) is 0 Å². The highest BCUT2D eigenvalue weighted by atomic mass is 16.4. The van der Waals surface area contributed by atoms with Crippen molar-refractivity contribution in [2.24, 2.45) is 0 Å². The number of aromatic amines is 1. The summed E-state index contributed by atoms with van der Waals surface area (Å²) < 4.78 is 4.43. The van der Waals surface area contributed by atoms with Crippen molar-refractivity contribution in [3.05, 3.63) is 21.3 Å². The van der Waals surface area contributed by atoms with Gasteiger partial charge in [0.2, 0.25) is 0 Å². The lowest BCUT2D eigenvalue weighted by Crippen LogP contribution is -2.17. The molecule has 0 aliphatic carbocycles. The Balaban J connectivity index is 3.86. The van der Waals surface area contributed by atoms with E-state index in [1.807, 2.05) is 0 Å². The second-order valence-corrected chi connectivity index (χ2v) is 1.42. The number of oxazole rings is 1. The molecule has 0 atom stereocenters. The standard InChI is InChI=1S/C5H5NO2/c1-3-4(2)8-5(7)6-3/h1-2H2,(H,6,7). The topological polar surface area (TPSA) is 46.0 Å². The summed E-state index contributed by atoms with van der Waals surface area (Å²) in [5.41, 5.74) is 0.301.